The van der Waals surface area contributed by atoms with E-state index < -0.39 is 0 Å². The van der Waals surface area contributed by atoms with Crippen molar-refractivity contribution in [3.8, 4) is 11.1 Å². The number of pyridine rings is 1. The first kappa shape index (κ1) is 20.3. The first-order chi connectivity index (χ1) is 14.2. The highest BCUT2D eigenvalue weighted by molar-refractivity contribution is 5.63. The Bertz CT molecular complexity index is 825. The number of hydrogen-bond acceptors (Lipinski definition) is 2. The first-order valence-corrected chi connectivity index (χ1v) is 11.2. The number of aliphatic hydroxyl groups excluding tert-OH is 1. The second-order valence-corrected chi connectivity index (χ2v) is 8.88. The molecule has 1 heterocycles. The van der Waals surface area contributed by atoms with Crippen LogP contribution in [0.5, 0.6) is 0 Å². The number of allylic oxidation sites excluding steroid dienone is 1. The lowest BCUT2D eigenvalue weighted by Gasteiger charge is -2.48. The zero-order chi connectivity index (χ0) is 20.2. The van der Waals surface area contributed by atoms with Crippen molar-refractivity contribution in [1.29, 1.82) is 0 Å². The topological polar surface area (TPSA) is 33.1 Å². The summed E-state index contributed by atoms with van der Waals surface area (Å²) in [5, 5.41) is 9.98. The lowest BCUT2D eigenvalue weighted by atomic mass is 9.57. The summed E-state index contributed by atoms with van der Waals surface area (Å²) in [5.74, 6) is 2.80. The average molecular weight is 394 g/mol. The van der Waals surface area contributed by atoms with E-state index in [4.69, 9.17) is 0 Å². The van der Waals surface area contributed by atoms with Crippen LogP contribution in [-0.2, 0) is 0 Å². The van der Waals surface area contributed by atoms with Gasteiger partial charge in [0, 0.05) is 18.4 Å². The molecule has 5 atom stereocenters. The molecule has 0 saturated heterocycles. The Morgan fingerprint density at radius 2 is 2.00 bits per heavy atom. The highest BCUT2D eigenvalue weighted by Crippen LogP contribution is 2.50. The molecule has 0 aliphatic heterocycles. The molecular weight excluding hydrogens is 361 g/mol. The van der Waals surface area contributed by atoms with Gasteiger partial charge >= 0.3 is 0 Å². The molecule has 1 aromatic heterocycles. The molecule has 0 unspecified atom stereocenters. The van der Waals surface area contributed by atoms with Crippen molar-refractivity contribution in [3.05, 3.63) is 60.2 Å². The summed E-state index contributed by atoms with van der Waals surface area (Å²) < 4.78 is 13.5. The van der Waals surface area contributed by atoms with Crippen molar-refractivity contribution in [2.45, 2.75) is 45.4 Å². The molecule has 2 aromatic rings. The van der Waals surface area contributed by atoms with Crippen LogP contribution >= 0.6 is 0 Å². The number of benzene rings is 1. The highest BCUT2D eigenvalue weighted by atomic mass is 19.1. The fourth-order valence-corrected chi connectivity index (χ4v) is 5.88. The van der Waals surface area contributed by atoms with Crippen molar-refractivity contribution in [1.82, 2.24) is 4.98 Å². The summed E-state index contributed by atoms with van der Waals surface area (Å²) in [6, 6.07) is 10.7. The average Bonchev–Trinajstić information content (AvgIpc) is 2.77. The fraction of sp³-hybridized carbons (Fsp3) is 0.500. The van der Waals surface area contributed by atoms with Gasteiger partial charge in [0.05, 0.1) is 5.69 Å². The largest absolute Gasteiger partial charge is 0.396 e. The molecule has 0 amide bonds. The Hall–Kier alpha value is -2.00. The Kier molecular flexibility index (Phi) is 6.44. The van der Waals surface area contributed by atoms with Gasteiger partial charge in [0.2, 0.25) is 0 Å². The van der Waals surface area contributed by atoms with E-state index in [1.54, 1.807) is 12.1 Å². The van der Waals surface area contributed by atoms with E-state index >= 15 is 0 Å². The molecule has 0 bridgehead atoms. The third-order valence-electron chi connectivity index (χ3n) is 7.31. The van der Waals surface area contributed by atoms with E-state index in [0.29, 0.717) is 24.4 Å². The molecular formula is C26H32FNO. The SMILES string of the molecule is CC[C@H]1[C@H](CO)C[C@@H]2CCCC[C@H]2[C@@H]1/C=C/c1ccc(-c2cccc(F)c2)cn1. The Balaban J connectivity index is 1.54. The van der Waals surface area contributed by atoms with Crippen molar-refractivity contribution in [2.24, 2.45) is 29.6 Å². The van der Waals surface area contributed by atoms with Crippen LogP contribution < -0.4 is 0 Å². The van der Waals surface area contributed by atoms with Crippen LogP contribution in [0.25, 0.3) is 17.2 Å². The zero-order valence-electron chi connectivity index (χ0n) is 17.3. The summed E-state index contributed by atoms with van der Waals surface area (Å²) in [7, 11) is 0. The number of aliphatic hydroxyl groups is 1. The van der Waals surface area contributed by atoms with E-state index in [9.17, 15) is 9.50 Å². The molecule has 2 aliphatic rings. The van der Waals surface area contributed by atoms with Gasteiger partial charge in [-0.3, -0.25) is 4.98 Å². The van der Waals surface area contributed by atoms with Gasteiger partial charge in [0.1, 0.15) is 5.82 Å². The summed E-state index contributed by atoms with van der Waals surface area (Å²) in [6.07, 6.45) is 14.0. The molecule has 2 nitrogen and oxygen atoms in total. The minimum atomic E-state index is -0.227. The number of nitrogens with zero attached hydrogens (tertiary/aromatic N) is 1. The standard InChI is InChI=1S/C26H32FNO/c1-2-24-21(17-29)14-19-6-3-4-9-25(19)26(24)13-12-23-11-10-20(16-28-23)18-7-5-8-22(27)15-18/h5,7-8,10-13,15-16,19,21,24-26,29H,2-4,6,9,14,17H2,1H3/b13-12+/t19-,21-,24-,25+,26+/m0/s1. The van der Waals surface area contributed by atoms with Gasteiger partial charge in [-0.05, 0) is 72.3 Å². The monoisotopic (exact) mass is 393 g/mol. The van der Waals surface area contributed by atoms with Gasteiger partial charge in [-0.2, -0.15) is 0 Å². The smallest absolute Gasteiger partial charge is 0.123 e. The van der Waals surface area contributed by atoms with E-state index in [-0.39, 0.29) is 5.82 Å². The Morgan fingerprint density at radius 1 is 1.14 bits per heavy atom. The molecule has 1 N–H and O–H groups in total. The minimum absolute atomic E-state index is 0.227. The summed E-state index contributed by atoms with van der Waals surface area (Å²) in [5.41, 5.74) is 2.72. The molecule has 0 radical (unpaired) electrons. The van der Waals surface area contributed by atoms with E-state index in [0.717, 1.165) is 35.1 Å². The second kappa shape index (κ2) is 9.21. The highest BCUT2D eigenvalue weighted by Gasteiger charge is 2.42. The van der Waals surface area contributed by atoms with Gasteiger partial charge in [-0.25, -0.2) is 4.39 Å². The summed E-state index contributed by atoms with van der Waals surface area (Å²) in [4.78, 5) is 4.60. The van der Waals surface area contributed by atoms with Crippen molar-refractivity contribution < 1.29 is 9.50 Å². The van der Waals surface area contributed by atoms with Crippen molar-refractivity contribution in [2.75, 3.05) is 6.61 Å². The molecule has 3 heteroatoms. The normalized spacial score (nSPS) is 29.7. The molecule has 0 spiro atoms. The number of halogens is 1. The molecule has 4 rings (SSSR count). The van der Waals surface area contributed by atoms with Crippen LogP contribution in [-0.4, -0.2) is 16.7 Å². The van der Waals surface area contributed by atoms with Gasteiger partial charge in [0.25, 0.3) is 0 Å². The number of fused-ring (bicyclic) bond motifs is 1. The molecule has 154 valence electrons. The fourth-order valence-electron chi connectivity index (χ4n) is 5.88. The number of aromatic nitrogens is 1. The van der Waals surface area contributed by atoms with Crippen LogP contribution in [0.3, 0.4) is 0 Å². The molecule has 2 saturated carbocycles. The van der Waals surface area contributed by atoms with Crippen LogP contribution in [0.4, 0.5) is 4.39 Å². The minimum Gasteiger partial charge on any atom is -0.396 e. The summed E-state index contributed by atoms with van der Waals surface area (Å²) >= 11 is 0. The van der Waals surface area contributed by atoms with Crippen molar-refractivity contribution in [3.63, 3.8) is 0 Å². The van der Waals surface area contributed by atoms with Crippen LogP contribution in [0.15, 0.2) is 48.7 Å². The van der Waals surface area contributed by atoms with Gasteiger partial charge < -0.3 is 5.11 Å². The van der Waals surface area contributed by atoms with E-state index in [1.807, 2.05) is 24.4 Å². The molecule has 29 heavy (non-hydrogen) atoms. The maximum Gasteiger partial charge on any atom is 0.123 e. The Labute approximate surface area is 173 Å². The third-order valence-corrected chi connectivity index (χ3v) is 7.31. The lowest BCUT2D eigenvalue weighted by Crippen LogP contribution is -2.41. The quantitative estimate of drug-likeness (QED) is 0.641. The van der Waals surface area contributed by atoms with Crippen LogP contribution in [0, 0.1) is 35.4 Å². The molecule has 2 fully saturated rings. The Morgan fingerprint density at radius 3 is 2.72 bits per heavy atom. The predicted molar refractivity (Wildman–Crippen MR) is 117 cm³/mol. The maximum atomic E-state index is 13.5. The lowest BCUT2D eigenvalue weighted by molar-refractivity contribution is 0.00715. The van der Waals surface area contributed by atoms with Crippen molar-refractivity contribution >= 4 is 6.08 Å². The van der Waals surface area contributed by atoms with Gasteiger partial charge in [-0.15, -0.1) is 0 Å². The van der Waals surface area contributed by atoms with Crippen LogP contribution in [0.1, 0.15) is 51.1 Å². The number of hydrogen-bond donors (Lipinski definition) is 1. The van der Waals surface area contributed by atoms with Gasteiger partial charge in [-0.1, -0.05) is 56.9 Å². The van der Waals surface area contributed by atoms with E-state index in [1.165, 1.54) is 38.2 Å². The van der Waals surface area contributed by atoms with Crippen LogP contribution in [0.2, 0.25) is 0 Å². The number of rotatable bonds is 5. The zero-order valence-corrected chi connectivity index (χ0v) is 17.3. The molecule has 2 aliphatic carbocycles. The summed E-state index contributed by atoms with van der Waals surface area (Å²) in [6.45, 7) is 2.58. The predicted octanol–water partition coefficient (Wildman–Crippen LogP) is 6.36. The second-order valence-electron chi connectivity index (χ2n) is 8.88. The first-order valence-electron chi connectivity index (χ1n) is 11.2. The molecule has 1 aromatic carbocycles. The third kappa shape index (κ3) is 4.45. The van der Waals surface area contributed by atoms with Gasteiger partial charge in [0.15, 0.2) is 0 Å². The van der Waals surface area contributed by atoms with E-state index in [2.05, 4.69) is 24.1 Å². The maximum absolute atomic E-state index is 13.5.